The fraction of sp³-hybridized carbons (Fsp3) is 0.882. The zero-order valence-corrected chi connectivity index (χ0v) is 14.2. The van der Waals surface area contributed by atoms with Gasteiger partial charge in [0.25, 0.3) is 0 Å². The van der Waals surface area contributed by atoms with Gasteiger partial charge in [-0.25, -0.2) is 0 Å². The van der Waals surface area contributed by atoms with E-state index in [9.17, 15) is 9.59 Å². The summed E-state index contributed by atoms with van der Waals surface area (Å²) in [5.41, 5.74) is 0.0168. The molecule has 2 aliphatic rings. The van der Waals surface area contributed by atoms with Gasteiger partial charge in [-0.1, -0.05) is 13.8 Å². The van der Waals surface area contributed by atoms with Crippen LogP contribution in [0.2, 0.25) is 0 Å². The van der Waals surface area contributed by atoms with Crippen molar-refractivity contribution in [1.29, 1.82) is 0 Å². The molecule has 0 heterocycles. The molecule has 0 aromatic heterocycles. The molecule has 5 heteroatoms. The maximum atomic E-state index is 12.7. The van der Waals surface area contributed by atoms with Crippen molar-refractivity contribution in [2.75, 3.05) is 13.7 Å². The largest absolute Gasteiger partial charge is 0.481 e. The topological polar surface area (TPSA) is 66.8 Å². The van der Waals surface area contributed by atoms with Crippen LogP contribution in [0.15, 0.2) is 0 Å². The highest BCUT2D eigenvalue weighted by atomic mass is 16.5. The molecule has 0 aliphatic heterocycles. The molecular formula is C17H29NO4. The van der Waals surface area contributed by atoms with Gasteiger partial charge >= 0.3 is 5.97 Å². The van der Waals surface area contributed by atoms with Crippen molar-refractivity contribution in [2.45, 2.75) is 65.0 Å². The molecule has 4 atom stereocenters. The molecule has 1 N–H and O–H groups in total. The minimum absolute atomic E-state index is 0.00451. The summed E-state index contributed by atoms with van der Waals surface area (Å²) in [5.74, 6) is -1.66. The number of ether oxygens (including phenoxy) is 1. The van der Waals surface area contributed by atoms with E-state index in [1.165, 1.54) is 0 Å². The predicted octanol–water partition coefficient (Wildman–Crippen LogP) is 2.54. The van der Waals surface area contributed by atoms with Crippen LogP contribution in [-0.2, 0) is 14.3 Å². The minimum Gasteiger partial charge on any atom is -0.481 e. The first kappa shape index (κ1) is 17.3. The van der Waals surface area contributed by atoms with Gasteiger partial charge in [-0.15, -0.1) is 0 Å². The second-order valence-electron chi connectivity index (χ2n) is 6.71. The van der Waals surface area contributed by atoms with Gasteiger partial charge in [0, 0.05) is 25.1 Å². The standard InChI is InChI=1S/C17H29NO4/c1-5-17(6-2)13(10-14(17)22-7-3)18(4)15(19)11-8-9-12(11)16(20)21/h11-14H,5-10H2,1-4H3,(H,20,21). The fourth-order valence-corrected chi connectivity index (χ4v) is 4.39. The maximum Gasteiger partial charge on any atom is 0.307 e. The van der Waals surface area contributed by atoms with E-state index < -0.39 is 11.9 Å². The highest BCUT2D eigenvalue weighted by Gasteiger charge is 2.57. The third-order valence-electron chi connectivity index (χ3n) is 6.15. The molecule has 0 spiro atoms. The Morgan fingerprint density at radius 2 is 1.77 bits per heavy atom. The number of carboxylic acids is 1. The lowest BCUT2D eigenvalue weighted by atomic mass is 9.57. The van der Waals surface area contributed by atoms with E-state index in [0.717, 1.165) is 19.3 Å². The molecule has 0 bridgehead atoms. The van der Waals surface area contributed by atoms with E-state index in [2.05, 4.69) is 13.8 Å². The van der Waals surface area contributed by atoms with Gasteiger partial charge in [0.15, 0.2) is 0 Å². The number of nitrogens with zero attached hydrogens (tertiary/aromatic N) is 1. The Labute approximate surface area is 133 Å². The highest BCUT2D eigenvalue weighted by molar-refractivity contribution is 5.86. The Morgan fingerprint density at radius 3 is 2.18 bits per heavy atom. The number of hydrogen-bond acceptors (Lipinski definition) is 3. The van der Waals surface area contributed by atoms with Crippen molar-refractivity contribution in [2.24, 2.45) is 17.3 Å². The van der Waals surface area contributed by atoms with Crippen molar-refractivity contribution in [1.82, 2.24) is 4.90 Å². The van der Waals surface area contributed by atoms with Crippen LogP contribution in [0.25, 0.3) is 0 Å². The Kier molecular flexibility index (Phi) is 5.15. The summed E-state index contributed by atoms with van der Waals surface area (Å²) in [6.07, 6.45) is 4.35. The Bertz CT molecular complexity index is 432. The molecule has 4 unspecified atom stereocenters. The summed E-state index contributed by atoms with van der Waals surface area (Å²) in [5, 5.41) is 9.16. The molecule has 2 aliphatic carbocycles. The average Bonchev–Trinajstić information content (AvgIpc) is 2.42. The lowest BCUT2D eigenvalue weighted by Gasteiger charge is -2.58. The summed E-state index contributed by atoms with van der Waals surface area (Å²) in [4.78, 5) is 25.7. The van der Waals surface area contributed by atoms with E-state index in [4.69, 9.17) is 9.84 Å². The molecule has 0 radical (unpaired) electrons. The van der Waals surface area contributed by atoms with Crippen LogP contribution >= 0.6 is 0 Å². The molecule has 5 nitrogen and oxygen atoms in total. The predicted molar refractivity (Wildman–Crippen MR) is 83.5 cm³/mol. The molecule has 2 rings (SSSR count). The molecule has 1 amide bonds. The van der Waals surface area contributed by atoms with Crippen LogP contribution in [0.5, 0.6) is 0 Å². The van der Waals surface area contributed by atoms with Gasteiger partial charge in [-0.2, -0.15) is 0 Å². The van der Waals surface area contributed by atoms with Gasteiger partial charge in [-0.05, 0) is 39.0 Å². The van der Waals surface area contributed by atoms with E-state index in [-0.39, 0.29) is 29.4 Å². The molecule has 2 saturated carbocycles. The van der Waals surface area contributed by atoms with Crippen LogP contribution in [0.1, 0.15) is 52.9 Å². The Morgan fingerprint density at radius 1 is 1.18 bits per heavy atom. The highest BCUT2D eigenvalue weighted by Crippen LogP contribution is 2.52. The number of aliphatic carboxylic acids is 1. The zero-order valence-electron chi connectivity index (χ0n) is 14.2. The van der Waals surface area contributed by atoms with Crippen LogP contribution in [0.4, 0.5) is 0 Å². The van der Waals surface area contributed by atoms with Crippen LogP contribution in [-0.4, -0.2) is 47.7 Å². The SMILES string of the molecule is CCOC1CC(N(C)C(=O)C2CCC2C(=O)O)C1(CC)CC. The number of carboxylic acid groups (broad SMARTS) is 1. The molecule has 126 valence electrons. The van der Waals surface area contributed by atoms with Gasteiger partial charge < -0.3 is 14.7 Å². The maximum absolute atomic E-state index is 12.7. The summed E-state index contributed by atoms with van der Waals surface area (Å²) in [7, 11) is 1.84. The third-order valence-corrected chi connectivity index (χ3v) is 6.15. The first-order valence-electron chi connectivity index (χ1n) is 8.53. The number of carbonyl (C=O) groups is 2. The van der Waals surface area contributed by atoms with Crippen molar-refractivity contribution in [3.05, 3.63) is 0 Å². The van der Waals surface area contributed by atoms with E-state index in [0.29, 0.717) is 19.4 Å². The van der Waals surface area contributed by atoms with Crippen molar-refractivity contribution < 1.29 is 19.4 Å². The monoisotopic (exact) mass is 311 g/mol. The molecular weight excluding hydrogens is 282 g/mol. The van der Waals surface area contributed by atoms with Crippen LogP contribution in [0, 0.1) is 17.3 Å². The summed E-state index contributed by atoms with van der Waals surface area (Å²) < 4.78 is 5.86. The number of hydrogen-bond donors (Lipinski definition) is 1. The van der Waals surface area contributed by atoms with Crippen molar-refractivity contribution in [3.8, 4) is 0 Å². The average molecular weight is 311 g/mol. The van der Waals surface area contributed by atoms with E-state index >= 15 is 0 Å². The first-order valence-corrected chi connectivity index (χ1v) is 8.53. The molecule has 2 fully saturated rings. The summed E-state index contributed by atoms with van der Waals surface area (Å²) >= 11 is 0. The molecule has 0 aromatic carbocycles. The Hall–Kier alpha value is -1.10. The first-order chi connectivity index (χ1) is 10.4. The van der Waals surface area contributed by atoms with Crippen LogP contribution in [0.3, 0.4) is 0 Å². The third kappa shape index (κ3) is 2.53. The van der Waals surface area contributed by atoms with Gasteiger partial charge in [0.1, 0.15) is 0 Å². The summed E-state index contributed by atoms with van der Waals surface area (Å²) in [6.45, 7) is 7.01. The normalized spacial score (nSPS) is 32.7. The quantitative estimate of drug-likeness (QED) is 0.784. The summed E-state index contributed by atoms with van der Waals surface area (Å²) in [6, 6.07) is 0.168. The number of carbonyl (C=O) groups excluding carboxylic acids is 1. The lowest BCUT2D eigenvalue weighted by Crippen LogP contribution is -2.65. The Balaban J connectivity index is 2.07. The molecule has 0 saturated heterocycles. The van der Waals surface area contributed by atoms with Crippen molar-refractivity contribution in [3.63, 3.8) is 0 Å². The zero-order chi connectivity index (χ0) is 16.5. The number of rotatable bonds is 7. The molecule has 22 heavy (non-hydrogen) atoms. The van der Waals surface area contributed by atoms with Crippen LogP contribution < -0.4 is 0 Å². The second kappa shape index (κ2) is 6.57. The van der Waals surface area contributed by atoms with Gasteiger partial charge in [-0.3, -0.25) is 9.59 Å². The minimum atomic E-state index is -0.837. The van der Waals surface area contributed by atoms with Crippen molar-refractivity contribution >= 4 is 11.9 Å². The van der Waals surface area contributed by atoms with Gasteiger partial charge in [0.2, 0.25) is 5.91 Å². The second-order valence-corrected chi connectivity index (χ2v) is 6.71. The fourth-order valence-electron chi connectivity index (χ4n) is 4.39. The van der Waals surface area contributed by atoms with Gasteiger partial charge in [0.05, 0.1) is 17.9 Å². The number of amides is 1. The van der Waals surface area contributed by atoms with E-state index in [1.807, 2.05) is 18.9 Å². The lowest BCUT2D eigenvalue weighted by molar-refractivity contribution is -0.184. The van der Waals surface area contributed by atoms with E-state index in [1.54, 1.807) is 0 Å². The smallest absolute Gasteiger partial charge is 0.307 e. The molecule has 0 aromatic rings.